The molecule has 2 rings (SSSR count). The first-order valence-electron chi connectivity index (χ1n) is 4.74. The Morgan fingerprint density at radius 2 is 2.35 bits per heavy atom. The van der Waals surface area contributed by atoms with Crippen LogP contribution in [-0.2, 0) is 0 Å². The van der Waals surface area contributed by atoms with E-state index in [-0.39, 0.29) is 5.96 Å². The Morgan fingerprint density at radius 3 is 2.94 bits per heavy atom. The van der Waals surface area contributed by atoms with E-state index in [4.69, 9.17) is 10.9 Å². The molecule has 0 fully saturated rings. The van der Waals surface area contributed by atoms with Crippen LogP contribution in [-0.4, -0.2) is 20.9 Å². The first kappa shape index (κ1) is 10.9. The summed E-state index contributed by atoms with van der Waals surface area (Å²) in [5, 5.41) is 18.4. The number of hydrogen-bond acceptors (Lipinski definition) is 4. The lowest BCUT2D eigenvalue weighted by atomic mass is 10.3. The quantitative estimate of drug-likeness (QED) is 0.301. The van der Waals surface area contributed by atoms with Gasteiger partial charge < -0.3 is 16.3 Å². The number of oxime groups is 1. The lowest BCUT2D eigenvalue weighted by Gasteiger charge is -2.07. The molecule has 1 aromatic heterocycles. The number of rotatable bonds is 1. The van der Waals surface area contributed by atoms with Gasteiger partial charge in [-0.1, -0.05) is 6.07 Å². The maximum absolute atomic E-state index is 12.9. The molecule has 0 amide bonds. The molecular weight excluding hydrogens is 225 g/mol. The van der Waals surface area contributed by atoms with Crippen molar-refractivity contribution in [3.63, 3.8) is 0 Å². The summed E-state index contributed by atoms with van der Waals surface area (Å²) < 4.78 is 14.2. The minimum atomic E-state index is -0.396. The van der Waals surface area contributed by atoms with Crippen LogP contribution in [0.5, 0.6) is 0 Å². The molecule has 0 saturated heterocycles. The number of halogens is 1. The van der Waals surface area contributed by atoms with Gasteiger partial charge >= 0.3 is 0 Å². The van der Waals surface area contributed by atoms with Crippen LogP contribution in [0.15, 0.2) is 41.8 Å². The van der Waals surface area contributed by atoms with Crippen LogP contribution < -0.4 is 11.1 Å². The van der Waals surface area contributed by atoms with E-state index in [1.54, 1.807) is 6.07 Å². The van der Waals surface area contributed by atoms with E-state index in [0.29, 0.717) is 11.4 Å². The molecule has 0 radical (unpaired) electrons. The maximum atomic E-state index is 12.9. The van der Waals surface area contributed by atoms with Crippen molar-refractivity contribution in [3.05, 3.63) is 42.5 Å². The summed E-state index contributed by atoms with van der Waals surface area (Å²) in [4.78, 5) is 0. The van der Waals surface area contributed by atoms with Crippen molar-refractivity contribution in [1.29, 1.82) is 0 Å². The maximum Gasteiger partial charge on any atom is 0.265 e. The molecule has 1 aromatic carbocycles. The predicted molar refractivity (Wildman–Crippen MR) is 61.3 cm³/mol. The largest absolute Gasteiger partial charge is 0.408 e. The molecule has 1 heterocycles. The molecule has 7 heteroatoms. The summed E-state index contributed by atoms with van der Waals surface area (Å²) in [6, 6.07) is 5.73. The van der Waals surface area contributed by atoms with Crippen LogP contribution in [0.1, 0.15) is 0 Å². The van der Waals surface area contributed by atoms with E-state index in [0.717, 1.165) is 0 Å². The summed E-state index contributed by atoms with van der Waals surface area (Å²) in [5.74, 6) is -0.375. The van der Waals surface area contributed by atoms with E-state index in [1.807, 2.05) is 0 Å². The summed E-state index contributed by atoms with van der Waals surface area (Å²) in [5.41, 5.74) is 6.34. The second-order valence-electron chi connectivity index (χ2n) is 3.28. The third-order valence-corrected chi connectivity index (χ3v) is 2.00. The standard InChI is InChI=1S/C10H10FN5O/c11-7-2-1-3-9(4-7)14-10(15-17)16-6-8(12)5-13-16/h1-6,17H,12H2,(H,14,15). The van der Waals surface area contributed by atoms with Gasteiger partial charge in [-0.2, -0.15) is 5.10 Å². The highest BCUT2D eigenvalue weighted by Gasteiger charge is 2.05. The monoisotopic (exact) mass is 235 g/mol. The van der Waals surface area contributed by atoms with Gasteiger partial charge in [0.2, 0.25) is 0 Å². The molecule has 0 atom stereocenters. The SMILES string of the molecule is Nc1cnn(C(=NO)Nc2cccc(F)c2)c1. The van der Waals surface area contributed by atoms with Gasteiger partial charge in [-0.25, -0.2) is 9.07 Å². The summed E-state index contributed by atoms with van der Waals surface area (Å²) in [6.45, 7) is 0. The summed E-state index contributed by atoms with van der Waals surface area (Å²) in [6.07, 6.45) is 2.86. The Labute approximate surface area is 96.2 Å². The second-order valence-corrected chi connectivity index (χ2v) is 3.28. The average Bonchev–Trinajstić information content (AvgIpc) is 2.73. The third-order valence-electron chi connectivity index (χ3n) is 2.00. The number of nitrogens with one attached hydrogen (secondary N) is 1. The van der Waals surface area contributed by atoms with E-state index in [9.17, 15) is 4.39 Å². The molecule has 0 unspecified atom stereocenters. The predicted octanol–water partition coefficient (Wildman–Crippen LogP) is 1.31. The molecule has 0 aliphatic heterocycles. The summed E-state index contributed by atoms with van der Waals surface area (Å²) in [7, 11) is 0. The van der Waals surface area contributed by atoms with Crippen LogP contribution in [0.25, 0.3) is 0 Å². The zero-order chi connectivity index (χ0) is 12.3. The molecule has 88 valence electrons. The van der Waals surface area contributed by atoms with Crippen molar-refractivity contribution >= 4 is 17.3 Å². The number of nitrogens with zero attached hydrogens (tertiary/aromatic N) is 3. The van der Waals surface area contributed by atoms with Crippen LogP contribution in [0, 0.1) is 5.82 Å². The van der Waals surface area contributed by atoms with E-state index >= 15 is 0 Å². The highest BCUT2D eigenvalue weighted by atomic mass is 19.1. The van der Waals surface area contributed by atoms with Gasteiger partial charge in [-0.15, -0.1) is 0 Å². The normalized spacial score (nSPS) is 11.5. The smallest absolute Gasteiger partial charge is 0.265 e. The highest BCUT2D eigenvalue weighted by molar-refractivity contribution is 5.94. The van der Waals surface area contributed by atoms with E-state index < -0.39 is 5.82 Å². The zero-order valence-corrected chi connectivity index (χ0v) is 8.71. The number of nitrogen functional groups attached to an aromatic ring is 1. The van der Waals surface area contributed by atoms with E-state index in [1.165, 1.54) is 35.3 Å². The van der Waals surface area contributed by atoms with Gasteiger partial charge in [0.15, 0.2) is 0 Å². The number of benzene rings is 1. The van der Waals surface area contributed by atoms with Crippen molar-refractivity contribution in [2.45, 2.75) is 0 Å². The van der Waals surface area contributed by atoms with Crippen LogP contribution in [0.2, 0.25) is 0 Å². The van der Waals surface area contributed by atoms with Gasteiger partial charge in [0.05, 0.1) is 18.1 Å². The third kappa shape index (κ3) is 2.51. The molecule has 0 aliphatic carbocycles. The van der Waals surface area contributed by atoms with Gasteiger partial charge in [-0.05, 0) is 23.4 Å². The number of nitrogens with two attached hydrogens (primary N) is 1. The second kappa shape index (κ2) is 4.52. The van der Waals surface area contributed by atoms with Gasteiger partial charge in [-0.3, -0.25) is 0 Å². The number of anilines is 2. The summed E-state index contributed by atoms with van der Waals surface area (Å²) >= 11 is 0. The fraction of sp³-hybridized carbons (Fsp3) is 0. The fourth-order valence-corrected chi connectivity index (χ4v) is 1.28. The molecule has 4 N–H and O–H groups in total. The van der Waals surface area contributed by atoms with Crippen molar-refractivity contribution < 1.29 is 9.60 Å². The Hall–Kier alpha value is -2.57. The molecule has 6 nitrogen and oxygen atoms in total. The topological polar surface area (TPSA) is 88.5 Å². The van der Waals surface area contributed by atoms with Crippen molar-refractivity contribution in [2.24, 2.45) is 5.16 Å². The Balaban J connectivity index is 2.22. The van der Waals surface area contributed by atoms with E-state index in [2.05, 4.69) is 15.6 Å². The zero-order valence-electron chi connectivity index (χ0n) is 8.71. The lowest BCUT2D eigenvalue weighted by Crippen LogP contribution is -2.22. The highest BCUT2D eigenvalue weighted by Crippen LogP contribution is 2.09. The molecule has 0 aliphatic rings. The van der Waals surface area contributed by atoms with Crippen LogP contribution in [0.3, 0.4) is 0 Å². The van der Waals surface area contributed by atoms with Crippen LogP contribution in [0.4, 0.5) is 15.8 Å². The Morgan fingerprint density at radius 1 is 1.53 bits per heavy atom. The van der Waals surface area contributed by atoms with Crippen LogP contribution >= 0.6 is 0 Å². The first-order chi connectivity index (χ1) is 8.19. The lowest BCUT2D eigenvalue weighted by molar-refractivity contribution is 0.316. The molecule has 17 heavy (non-hydrogen) atoms. The first-order valence-corrected chi connectivity index (χ1v) is 4.74. The molecular formula is C10H10FN5O. The van der Waals surface area contributed by atoms with Gasteiger partial charge in [0.1, 0.15) is 5.82 Å². The number of aromatic nitrogens is 2. The molecule has 0 bridgehead atoms. The minimum absolute atomic E-state index is 0.0206. The van der Waals surface area contributed by atoms with Crippen molar-refractivity contribution in [2.75, 3.05) is 11.1 Å². The van der Waals surface area contributed by atoms with Gasteiger partial charge in [0, 0.05) is 5.69 Å². The minimum Gasteiger partial charge on any atom is -0.408 e. The van der Waals surface area contributed by atoms with Crippen molar-refractivity contribution in [3.8, 4) is 0 Å². The number of hydrogen-bond donors (Lipinski definition) is 3. The Kier molecular flexibility index (Phi) is 2.91. The average molecular weight is 235 g/mol. The van der Waals surface area contributed by atoms with Crippen molar-refractivity contribution in [1.82, 2.24) is 9.78 Å². The molecule has 0 spiro atoms. The molecule has 0 saturated carbocycles. The fourth-order valence-electron chi connectivity index (χ4n) is 1.28. The van der Waals surface area contributed by atoms with Gasteiger partial charge in [0.25, 0.3) is 5.96 Å². The Bertz CT molecular complexity index is 551. The molecule has 2 aromatic rings.